The van der Waals surface area contributed by atoms with Gasteiger partial charge in [0.15, 0.2) is 5.12 Å². The van der Waals surface area contributed by atoms with Crippen molar-refractivity contribution in [3.63, 3.8) is 0 Å². The number of carbonyl (C=O) groups excluding carboxylic acids is 2. The molecule has 0 spiro atoms. The van der Waals surface area contributed by atoms with Gasteiger partial charge in [-0.2, -0.15) is 0 Å². The zero-order valence-electron chi connectivity index (χ0n) is 20.8. The van der Waals surface area contributed by atoms with Crippen molar-refractivity contribution in [2.45, 2.75) is 103 Å². The number of fused-ring (bicyclic) bond motifs is 5. The highest BCUT2D eigenvalue weighted by molar-refractivity contribution is 8.14. The van der Waals surface area contributed by atoms with E-state index in [1.165, 1.54) is 32.8 Å². The van der Waals surface area contributed by atoms with E-state index in [9.17, 15) is 14.7 Å². The van der Waals surface area contributed by atoms with Crippen LogP contribution in [0.1, 0.15) is 91.9 Å². The van der Waals surface area contributed by atoms with E-state index >= 15 is 0 Å². The summed E-state index contributed by atoms with van der Waals surface area (Å²) in [4.78, 5) is 24.0. The van der Waals surface area contributed by atoms with Crippen LogP contribution in [0.5, 0.6) is 0 Å². The average molecular weight is 465 g/mol. The zero-order valence-corrected chi connectivity index (χ0v) is 21.6. The van der Waals surface area contributed by atoms with E-state index in [-0.39, 0.29) is 17.2 Å². The normalized spacial score (nSPS) is 46.5. The van der Waals surface area contributed by atoms with Crippen molar-refractivity contribution in [3.05, 3.63) is 0 Å². The Bertz CT molecular complexity index is 724. The molecule has 32 heavy (non-hydrogen) atoms. The summed E-state index contributed by atoms with van der Waals surface area (Å²) < 4.78 is 4.89. The van der Waals surface area contributed by atoms with Crippen molar-refractivity contribution in [2.75, 3.05) is 7.11 Å². The van der Waals surface area contributed by atoms with Crippen LogP contribution >= 0.6 is 11.8 Å². The fraction of sp³-hybridized carbons (Fsp3) is 0.926. The first kappa shape index (κ1) is 24.6. The number of hydrogen-bond acceptors (Lipinski definition) is 5. The minimum absolute atomic E-state index is 0.0936. The topological polar surface area (TPSA) is 63.6 Å². The Hall–Kier alpha value is -0.550. The van der Waals surface area contributed by atoms with Crippen LogP contribution < -0.4 is 0 Å². The van der Waals surface area contributed by atoms with Gasteiger partial charge in [-0.15, -0.1) is 0 Å². The van der Waals surface area contributed by atoms with E-state index in [1.807, 2.05) is 0 Å². The fourth-order valence-corrected chi connectivity index (χ4v) is 10.4. The smallest absolute Gasteiger partial charge is 0.305 e. The van der Waals surface area contributed by atoms with E-state index in [0.29, 0.717) is 58.0 Å². The molecule has 0 radical (unpaired) electrons. The monoisotopic (exact) mass is 464 g/mol. The molecular formula is C27H44O4S. The second-order valence-corrected chi connectivity index (χ2v) is 13.5. The van der Waals surface area contributed by atoms with Crippen LogP contribution in [0.2, 0.25) is 0 Å². The highest BCUT2D eigenvalue weighted by atomic mass is 32.2. The molecule has 0 heterocycles. The molecule has 4 saturated carbocycles. The summed E-state index contributed by atoms with van der Waals surface area (Å²) in [6.07, 6.45) is 10.4. The Labute approximate surface area is 199 Å². The third-order valence-corrected chi connectivity index (χ3v) is 11.9. The Kier molecular flexibility index (Phi) is 7.10. The van der Waals surface area contributed by atoms with Gasteiger partial charge < -0.3 is 9.84 Å². The summed E-state index contributed by atoms with van der Waals surface area (Å²) >= 11 is 1.61. The number of carbonyl (C=O) groups is 2. The van der Waals surface area contributed by atoms with E-state index in [2.05, 4.69) is 20.8 Å². The summed E-state index contributed by atoms with van der Waals surface area (Å²) in [5, 5.41) is 11.1. The molecule has 0 aliphatic heterocycles. The quantitative estimate of drug-likeness (QED) is 0.517. The molecule has 0 amide bonds. The molecule has 2 unspecified atom stereocenters. The molecule has 0 aromatic carbocycles. The molecule has 4 aliphatic rings. The van der Waals surface area contributed by atoms with Crippen LogP contribution in [0.15, 0.2) is 0 Å². The lowest BCUT2D eigenvalue weighted by Crippen LogP contribution is -2.58. The number of aliphatic hydroxyl groups excluding tert-OH is 1. The molecule has 4 fully saturated rings. The molecule has 10 atom stereocenters. The predicted molar refractivity (Wildman–Crippen MR) is 129 cm³/mol. The predicted octanol–water partition coefficient (Wildman–Crippen LogP) is 5.85. The van der Waals surface area contributed by atoms with Crippen LogP contribution in [0.25, 0.3) is 0 Å². The lowest BCUT2D eigenvalue weighted by molar-refractivity contribution is -0.141. The number of thioether (sulfide) groups is 1. The number of ether oxygens (including phenoxy) is 1. The maximum atomic E-state index is 12.3. The van der Waals surface area contributed by atoms with E-state index < -0.39 is 0 Å². The number of aliphatic hydroxyl groups is 1. The van der Waals surface area contributed by atoms with Crippen molar-refractivity contribution in [2.24, 2.45) is 46.3 Å². The SMILES string of the molecule is COC(=O)CC[C@@H](C)[C@H]1CCC2[C@H]3C(CC[C@@]21C)[C@@]1(C)CC[C@@H](O)C[C@H]1C[C@H]3SC(C)=O. The van der Waals surface area contributed by atoms with Crippen molar-refractivity contribution in [3.8, 4) is 0 Å². The van der Waals surface area contributed by atoms with Crippen molar-refractivity contribution >= 4 is 22.8 Å². The van der Waals surface area contributed by atoms with Gasteiger partial charge in [-0.1, -0.05) is 32.5 Å². The first-order valence-electron chi connectivity index (χ1n) is 13.0. The van der Waals surface area contributed by atoms with Crippen molar-refractivity contribution in [1.82, 2.24) is 0 Å². The molecule has 1 N–H and O–H groups in total. The molecule has 5 heteroatoms. The molecule has 0 bridgehead atoms. The van der Waals surface area contributed by atoms with Crippen LogP contribution in [0, 0.1) is 46.3 Å². The molecule has 0 saturated heterocycles. The lowest BCUT2D eigenvalue weighted by Gasteiger charge is -2.63. The third kappa shape index (κ3) is 4.19. The number of hydrogen-bond donors (Lipinski definition) is 1. The molecule has 4 rings (SSSR count). The van der Waals surface area contributed by atoms with Gasteiger partial charge in [0, 0.05) is 18.6 Å². The van der Waals surface area contributed by atoms with Gasteiger partial charge in [-0.25, -0.2) is 0 Å². The van der Waals surface area contributed by atoms with Gasteiger partial charge in [0.25, 0.3) is 0 Å². The lowest BCUT2D eigenvalue weighted by atomic mass is 9.44. The number of rotatable bonds is 5. The van der Waals surface area contributed by atoms with Crippen LogP contribution in [-0.2, 0) is 14.3 Å². The van der Waals surface area contributed by atoms with Crippen LogP contribution in [0.3, 0.4) is 0 Å². The van der Waals surface area contributed by atoms with Crippen LogP contribution in [-0.4, -0.2) is 34.7 Å². The highest BCUT2D eigenvalue weighted by Crippen LogP contribution is 2.69. The average Bonchev–Trinajstić information content (AvgIpc) is 3.09. The summed E-state index contributed by atoms with van der Waals surface area (Å²) in [7, 11) is 1.48. The van der Waals surface area contributed by atoms with Gasteiger partial charge in [0.2, 0.25) is 0 Å². The molecule has 4 aliphatic carbocycles. The Balaban J connectivity index is 1.59. The standard InChI is InChI=1S/C27H44O4S/c1-16(6-9-24(30)31-5)20-7-8-21-25-22(11-13-27(20,21)4)26(3)12-10-19(29)14-18(26)15-23(25)32-17(2)28/h16,18-23,25,29H,6-15H2,1-5H3/t16-,18+,19-,20-,21?,22?,23-,25+,26+,27-/m1/s1. The first-order chi connectivity index (χ1) is 15.1. The van der Waals surface area contributed by atoms with Crippen molar-refractivity contribution in [1.29, 1.82) is 0 Å². The minimum Gasteiger partial charge on any atom is -0.469 e. The molecule has 0 aromatic rings. The van der Waals surface area contributed by atoms with Crippen LogP contribution in [0.4, 0.5) is 0 Å². The second-order valence-electron chi connectivity index (χ2n) is 12.1. The molecular weight excluding hydrogens is 420 g/mol. The summed E-state index contributed by atoms with van der Waals surface area (Å²) in [5.74, 6) is 3.59. The van der Waals surface area contributed by atoms with Gasteiger partial charge in [0.05, 0.1) is 13.2 Å². The van der Waals surface area contributed by atoms with E-state index in [4.69, 9.17) is 4.74 Å². The van der Waals surface area contributed by atoms with E-state index in [0.717, 1.165) is 32.1 Å². The molecule has 0 aromatic heterocycles. The van der Waals surface area contributed by atoms with E-state index in [1.54, 1.807) is 18.7 Å². The molecule has 182 valence electrons. The summed E-state index contributed by atoms with van der Waals surface area (Å²) in [6, 6.07) is 0. The number of esters is 1. The summed E-state index contributed by atoms with van der Waals surface area (Å²) in [5.41, 5.74) is 0.622. The summed E-state index contributed by atoms with van der Waals surface area (Å²) in [6.45, 7) is 9.13. The zero-order chi connectivity index (χ0) is 23.3. The van der Waals surface area contributed by atoms with Crippen molar-refractivity contribution < 1.29 is 19.4 Å². The molecule has 4 nitrogen and oxygen atoms in total. The van der Waals surface area contributed by atoms with Gasteiger partial charge in [-0.05, 0) is 104 Å². The number of methoxy groups -OCH3 is 1. The maximum absolute atomic E-state index is 12.3. The third-order valence-electron chi connectivity index (χ3n) is 10.7. The fourth-order valence-electron chi connectivity index (χ4n) is 9.13. The Morgan fingerprint density at radius 3 is 2.44 bits per heavy atom. The van der Waals surface area contributed by atoms with Gasteiger partial charge in [0.1, 0.15) is 0 Å². The minimum atomic E-state index is -0.159. The van der Waals surface area contributed by atoms with Gasteiger partial charge in [-0.3, -0.25) is 9.59 Å². The maximum Gasteiger partial charge on any atom is 0.305 e. The Morgan fingerprint density at radius 1 is 1.06 bits per heavy atom. The highest BCUT2D eigenvalue weighted by Gasteiger charge is 2.63. The second kappa shape index (κ2) is 9.24. The Morgan fingerprint density at radius 2 is 1.75 bits per heavy atom. The first-order valence-corrected chi connectivity index (χ1v) is 13.9. The van der Waals surface area contributed by atoms with Gasteiger partial charge >= 0.3 is 5.97 Å². The largest absolute Gasteiger partial charge is 0.469 e.